The van der Waals surface area contributed by atoms with Crippen LogP contribution >= 0.6 is 23.7 Å². The molecule has 10 heteroatoms. The predicted octanol–water partition coefficient (Wildman–Crippen LogP) is 2.31. The lowest BCUT2D eigenvalue weighted by Gasteiger charge is -2.32. The lowest BCUT2D eigenvalue weighted by atomic mass is 10.1. The molecule has 168 valence electrons. The van der Waals surface area contributed by atoms with Gasteiger partial charge in [0.15, 0.2) is 0 Å². The molecule has 2 N–H and O–H groups in total. The van der Waals surface area contributed by atoms with Crippen molar-refractivity contribution in [1.82, 2.24) is 19.5 Å². The SMILES string of the molecule is CCc1cc(-c2ccc(S(=O)(=O)NCCCN3CCN(C)CC3)s2)c(C)[nH]c1=O.Cl. The number of piperazine rings is 1. The van der Waals surface area contributed by atoms with E-state index in [0.29, 0.717) is 22.7 Å². The number of thiophene rings is 1. The van der Waals surface area contributed by atoms with Crippen LogP contribution in [0, 0.1) is 6.92 Å². The maximum atomic E-state index is 12.7. The second-order valence-corrected chi connectivity index (χ2v) is 10.6. The van der Waals surface area contributed by atoms with Crippen molar-refractivity contribution in [3.63, 3.8) is 0 Å². The van der Waals surface area contributed by atoms with Crippen molar-refractivity contribution in [1.29, 1.82) is 0 Å². The number of halogens is 1. The number of aromatic amines is 1. The van der Waals surface area contributed by atoms with Gasteiger partial charge in [-0.05, 0) is 51.6 Å². The van der Waals surface area contributed by atoms with Crippen LogP contribution in [0.25, 0.3) is 10.4 Å². The topological polar surface area (TPSA) is 85.5 Å². The molecule has 0 aliphatic carbocycles. The number of sulfonamides is 1. The fourth-order valence-corrected chi connectivity index (χ4v) is 5.94. The number of aromatic nitrogens is 1. The lowest BCUT2D eigenvalue weighted by molar-refractivity contribution is 0.153. The predicted molar refractivity (Wildman–Crippen MR) is 125 cm³/mol. The Balaban J connectivity index is 0.00000320. The molecule has 2 aromatic heterocycles. The van der Waals surface area contributed by atoms with Gasteiger partial charge >= 0.3 is 0 Å². The Kier molecular flexibility index (Phi) is 9.08. The standard InChI is InChI=1S/C20H30N4O3S2.ClH/c1-4-16-14-17(15(2)22-20(16)25)18-6-7-19(28-18)29(26,27)21-8-5-9-24-12-10-23(3)11-13-24;/h6-7,14,21H,4-5,8-13H2,1-3H3,(H,22,25);1H. The molecule has 1 saturated heterocycles. The van der Waals surface area contributed by atoms with Gasteiger partial charge < -0.3 is 14.8 Å². The summed E-state index contributed by atoms with van der Waals surface area (Å²) >= 11 is 1.23. The van der Waals surface area contributed by atoms with Crippen molar-refractivity contribution < 1.29 is 8.42 Å². The fraction of sp³-hybridized carbons (Fsp3) is 0.550. The third-order valence-corrected chi connectivity index (χ3v) is 8.42. The Bertz CT molecular complexity index is 996. The molecule has 30 heavy (non-hydrogen) atoms. The Labute approximate surface area is 189 Å². The Morgan fingerprint density at radius 3 is 2.57 bits per heavy atom. The second-order valence-electron chi connectivity index (χ2n) is 7.53. The minimum Gasteiger partial charge on any atom is -0.326 e. The van der Waals surface area contributed by atoms with Gasteiger partial charge in [-0.15, -0.1) is 23.7 Å². The molecule has 0 saturated carbocycles. The van der Waals surface area contributed by atoms with E-state index in [9.17, 15) is 13.2 Å². The van der Waals surface area contributed by atoms with E-state index in [1.54, 1.807) is 6.07 Å². The van der Waals surface area contributed by atoms with Gasteiger partial charge in [-0.2, -0.15) is 0 Å². The van der Waals surface area contributed by atoms with Crippen LogP contribution in [0.4, 0.5) is 0 Å². The van der Waals surface area contributed by atoms with E-state index in [0.717, 1.165) is 55.3 Å². The number of nitrogens with zero attached hydrogens (tertiary/aromatic N) is 2. The normalized spacial score (nSPS) is 15.8. The summed E-state index contributed by atoms with van der Waals surface area (Å²) in [4.78, 5) is 20.3. The summed E-state index contributed by atoms with van der Waals surface area (Å²) in [5.41, 5.74) is 2.24. The van der Waals surface area contributed by atoms with Crippen LogP contribution in [0.1, 0.15) is 24.6 Å². The summed E-state index contributed by atoms with van der Waals surface area (Å²) < 4.78 is 28.3. The van der Waals surface area contributed by atoms with Crippen LogP contribution < -0.4 is 10.3 Å². The van der Waals surface area contributed by atoms with Crippen molar-refractivity contribution in [2.45, 2.75) is 30.9 Å². The molecular weight excluding hydrogens is 444 g/mol. The zero-order valence-electron chi connectivity index (χ0n) is 17.7. The van der Waals surface area contributed by atoms with E-state index in [-0.39, 0.29) is 18.0 Å². The molecule has 0 unspecified atom stereocenters. The van der Waals surface area contributed by atoms with Gasteiger partial charge in [-0.1, -0.05) is 6.92 Å². The first-order valence-electron chi connectivity index (χ1n) is 10.0. The number of H-pyrrole nitrogens is 1. The molecule has 0 radical (unpaired) electrons. The number of hydrogen-bond acceptors (Lipinski definition) is 6. The van der Waals surface area contributed by atoms with Gasteiger partial charge in [0, 0.05) is 54.4 Å². The van der Waals surface area contributed by atoms with Crippen molar-refractivity contribution >= 4 is 33.8 Å². The van der Waals surface area contributed by atoms with Crippen LogP contribution in [0.5, 0.6) is 0 Å². The number of likely N-dealkylation sites (N-methyl/N-ethyl adjacent to an activating group) is 1. The third kappa shape index (κ3) is 6.15. The Morgan fingerprint density at radius 2 is 1.90 bits per heavy atom. The van der Waals surface area contributed by atoms with Crippen molar-refractivity contribution in [3.8, 4) is 10.4 Å². The largest absolute Gasteiger partial charge is 0.326 e. The number of nitrogens with one attached hydrogen (secondary N) is 2. The van der Waals surface area contributed by atoms with Crippen LogP contribution in [0.2, 0.25) is 0 Å². The number of pyridine rings is 1. The van der Waals surface area contributed by atoms with Crippen LogP contribution in [0.15, 0.2) is 27.2 Å². The summed E-state index contributed by atoms with van der Waals surface area (Å²) in [5, 5.41) is 0. The van der Waals surface area contributed by atoms with Crippen molar-refractivity contribution in [2.24, 2.45) is 0 Å². The van der Waals surface area contributed by atoms with E-state index in [1.807, 2.05) is 26.0 Å². The molecule has 0 atom stereocenters. The summed E-state index contributed by atoms with van der Waals surface area (Å²) in [5.74, 6) is 0. The van der Waals surface area contributed by atoms with E-state index < -0.39 is 10.0 Å². The van der Waals surface area contributed by atoms with E-state index in [2.05, 4.69) is 26.6 Å². The molecule has 1 fully saturated rings. The quantitative estimate of drug-likeness (QED) is 0.573. The molecule has 1 aliphatic rings. The van der Waals surface area contributed by atoms with E-state index >= 15 is 0 Å². The second kappa shape index (κ2) is 10.9. The smallest absolute Gasteiger partial charge is 0.251 e. The minimum atomic E-state index is -3.53. The first-order chi connectivity index (χ1) is 13.8. The van der Waals surface area contributed by atoms with Gasteiger partial charge in [0.1, 0.15) is 4.21 Å². The highest BCUT2D eigenvalue weighted by Gasteiger charge is 2.19. The van der Waals surface area contributed by atoms with Crippen molar-refractivity contribution in [2.75, 3.05) is 46.3 Å². The summed E-state index contributed by atoms with van der Waals surface area (Å²) in [6.45, 7) is 9.30. The Morgan fingerprint density at radius 1 is 1.20 bits per heavy atom. The summed E-state index contributed by atoms with van der Waals surface area (Å²) in [6.07, 6.45) is 1.42. The molecule has 7 nitrogen and oxygen atoms in total. The van der Waals surface area contributed by atoms with Crippen LogP contribution in [0.3, 0.4) is 0 Å². The average Bonchev–Trinajstić information content (AvgIpc) is 3.18. The van der Waals surface area contributed by atoms with Gasteiger partial charge in [0.05, 0.1) is 0 Å². The minimum absolute atomic E-state index is 0. The van der Waals surface area contributed by atoms with Gasteiger partial charge in [-0.25, -0.2) is 13.1 Å². The maximum Gasteiger partial charge on any atom is 0.251 e. The zero-order valence-corrected chi connectivity index (χ0v) is 20.2. The molecular formula is C20H31ClN4O3S2. The highest BCUT2D eigenvalue weighted by molar-refractivity contribution is 7.91. The van der Waals surface area contributed by atoms with Gasteiger partial charge in [-0.3, -0.25) is 4.79 Å². The highest BCUT2D eigenvalue weighted by Crippen LogP contribution is 2.32. The summed E-state index contributed by atoms with van der Waals surface area (Å²) in [6, 6.07) is 5.31. The molecule has 3 rings (SSSR count). The molecule has 0 amide bonds. The first kappa shape index (κ1) is 25.0. The van der Waals surface area contributed by atoms with E-state index in [1.165, 1.54) is 11.3 Å². The van der Waals surface area contributed by atoms with Gasteiger partial charge in [0.25, 0.3) is 5.56 Å². The fourth-order valence-electron chi connectivity index (χ4n) is 3.45. The first-order valence-corrected chi connectivity index (χ1v) is 12.3. The monoisotopic (exact) mass is 474 g/mol. The van der Waals surface area contributed by atoms with Crippen LogP contribution in [-0.2, 0) is 16.4 Å². The Hall–Kier alpha value is -1.23. The molecule has 2 aromatic rings. The number of hydrogen-bond donors (Lipinski definition) is 2. The molecule has 3 heterocycles. The maximum absolute atomic E-state index is 12.7. The van der Waals surface area contributed by atoms with Crippen LogP contribution in [-0.4, -0.2) is 69.5 Å². The molecule has 1 aliphatic heterocycles. The number of aryl methyl sites for hydroxylation is 2. The summed E-state index contributed by atoms with van der Waals surface area (Å²) in [7, 11) is -1.40. The average molecular weight is 475 g/mol. The van der Waals surface area contributed by atoms with Gasteiger partial charge in [0.2, 0.25) is 10.0 Å². The number of rotatable bonds is 8. The van der Waals surface area contributed by atoms with E-state index in [4.69, 9.17) is 0 Å². The third-order valence-electron chi connectivity index (χ3n) is 5.35. The molecule has 0 bridgehead atoms. The van der Waals surface area contributed by atoms with Crippen molar-refractivity contribution in [3.05, 3.63) is 39.8 Å². The molecule has 0 spiro atoms. The highest BCUT2D eigenvalue weighted by atomic mass is 35.5. The lowest BCUT2D eigenvalue weighted by Crippen LogP contribution is -2.45. The zero-order chi connectivity index (χ0) is 21.0. The molecule has 0 aromatic carbocycles.